The fourth-order valence-electron chi connectivity index (χ4n) is 1.99. The van der Waals surface area contributed by atoms with Gasteiger partial charge in [0.05, 0.1) is 0 Å². The minimum atomic E-state index is 0.334. The third kappa shape index (κ3) is 3.35. The Morgan fingerprint density at radius 3 is 2.33 bits per heavy atom. The van der Waals surface area contributed by atoms with Crippen LogP contribution >= 0.6 is 0 Å². The quantitative estimate of drug-likeness (QED) is 0.705. The van der Waals surface area contributed by atoms with E-state index in [9.17, 15) is 0 Å². The number of aliphatic hydroxyl groups is 1. The Labute approximate surface area is 92.1 Å². The average molecular weight is 204 g/mol. The molecule has 2 rings (SSSR count). The van der Waals surface area contributed by atoms with E-state index >= 15 is 0 Å². The minimum absolute atomic E-state index is 0.334. The van der Waals surface area contributed by atoms with Gasteiger partial charge < -0.3 is 5.11 Å². The highest BCUT2D eigenvalue weighted by atomic mass is 16.2. The predicted octanol–water partition coefficient (Wildman–Crippen LogP) is 3.27. The van der Waals surface area contributed by atoms with Gasteiger partial charge in [0.15, 0.2) is 0 Å². The molecule has 1 heteroatoms. The molecule has 0 heterocycles. The summed E-state index contributed by atoms with van der Waals surface area (Å²) >= 11 is 0. The maximum Gasteiger partial charge on any atom is 0.0431 e. The molecule has 0 spiro atoms. The van der Waals surface area contributed by atoms with Gasteiger partial charge in [-0.05, 0) is 49.1 Å². The largest absolute Gasteiger partial charge is 0.396 e. The highest BCUT2D eigenvalue weighted by Crippen LogP contribution is 2.39. The molecule has 0 atom stereocenters. The summed E-state index contributed by atoms with van der Waals surface area (Å²) < 4.78 is 0. The van der Waals surface area contributed by atoms with Gasteiger partial charge in [-0.15, -0.1) is 0 Å². The van der Waals surface area contributed by atoms with Crippen molar-refractivity contribution in [2.45, 2.75) is 44.4 Å². The van der Waals surface area contributed by atoms with Crippen LogP contribution in [0, 0.1) is 0 Å². The van der Waals surface area contributed by atoms with Crippen LogP contribution in [0.25, 0.3) is 0 Å². The van der Waals surface area contributed by atoms with Crippen LogP contribution in [0.2, 0.25) is 0 Å². The number of hydrogen-bond acceptors (Lipinski definition) is 1. The number of benzene rings is 1. The Morgan fingerprint density at radius 2 is 1.73 bits per heavy atom. The minimum Gasteiger partial charge on any atom is -0.396 e. The van der Waals surface area contributed by atoms with E-state index in [1.165, 1.54) is 30.4 Å². The van der Waals surface area contributed by atoms with Crippen molar-refractivity contribution in [1.82, 2.24) is 0 Å². The van der Waals surface area contributed by atoms with Gasteiger partial charge in [0.2, 0.25) is 0 Å². The van der Waals surface area contributed by atoms with Gasteiger partial charge in [-0.3, -0.25) is 0 Å². The van der Waals surface area contributed by atoms with Crippen molar-refractivity contribution in [3.8, 4) is 0 Å². The summed E-state index contributed by atoms with van der Waals surface area (Å²) in [5.74, 6) is 0.869. The number of hydrogen-bond donors (Lipinski definition) is 1. The third-order valence-electron chi connectivity index (χ3n) is 3.15. The van der Waals surface area contributed by atoms with Crippen molar-refractivity contribution in [3.63, 3.8) is 0 Å². The van der Waals surface area contributed by atoms with Gasteiger partial charge in [-0.25, -0.2) is 0 Å². The standard InChI is InChI=1S/C14H20O/c15-11-3-1-2-4-12-5-7-13(8-6-12)14-9-10-14/h5-8,14-15H,1-4,9-11H2. The Hall–Kier alpha value is -0.820. The first-order valence-electron chi connectivity index (χ1n) is 6.10. The van der Waals surface area contributed by atoms with Crippen LogP contribution in [0.15, 0.2) is 24.3 Å². The van der Waals surface area contributed by atoms with Crippen molar-refractivity contribution in [2.75, 3.05) is 6.61 Å². The number of aliphatic hydroxyl groups excluding tert-OH is 1. The number of unbranched alkanes of at least 4 members (excludes halogenated alkanes) is 2. The fourth-order valence-corrected chi connectivity index (χ4v) is 1.99. The van der Waals surface area contributed by atoms with Crippen LogP contribution in [0.4, 0.5) is 0 Å². The molecule has 0 amide bonds. The molecule has 1 aliphatic carbocycles. The summed E-state index contributed by atoms with van der Waals surface area (Å²) in [6, 6.07) is 9.12. The topological polar surface area (TPSA) is 20.2 Å². The molecule has 82 valence electrons. The molecule has 0 saturated heterocycles. The molecular weight excluding hydrogens is 184 g/mol. The molecule has 1 saturated carbocycles. The molecule has 0 aromatic heterocycles. The normalized spacial score (nSPS) is 15.5. The monoisotopic (exact) mass is 204 g/mol. The summed E-state index contributed by atoms with van der Waals surface area (Å²) in [7, 11) is 0. The van der Waals surface area contributed by atoms with Crippen LogP contribution < -0.4 is 0 Å². The van der Waals surface area contributed by atoms with Crippen LogP contribution in [0.3, 0.4) is 0 Å². The van der Waals surface area contributed by atoms with Crippen molar-refractivity contribution < 1.29 is 5.11 Å². The fraction of sp³-hybridized carbons (Fsp3) is 0.571. The molecular formula is C14H20O. The van der Waals surface area contributed by atoms with Gasteiger partial charge >= 0.3 is 0 Å². The first kappa shape index (κ1) is 10.7. The molecule has 0 aliphatic heterocycles. The lowest BCUT2D eigenvalue weighted by Crippen LogP contribution is -1.89. The highest BCUT2D eigenvalue weighted by Gasteiger charge is 2.22. The van der Waals surface area contributed by atoms with E-state index in [-0.39, 0.29) is 0 Å². The van der Waals surface area contributed by atoms with Crippen molar-refractivity contribution in [2.24, 2.45) is 0 Å². The second kappa shape index (κ2) is 5.32. The lowest BCUT2D eigenvalue weighted by Gasteiger charge is -2.03. The molecule has 0 unspecified atom stereocenters. The summed E-state index contributed by atoms with van der Waals surface area (Å²) in [6.45, 7) is 0.334. The second-order valence-corrected chi connectivity index (χ2v) is 4.55. The smallest absolute Gasteiger partial charge is 0.0431 e. The van der Waals surface area contributed by atoms with E-state index in [1.807, 2.05) is 0 Å². The molecule has 1 aromatic carbocycles. The maximum absolute atomic E-state index is 8.67. The molecule has 1 nitrogen and oxygen atoms in total. The summed E-state index contributed by atoms with van der Waals surface area (Å²) in [5, 5.41) is 8.67. The van der Waals surface area contributed by atoms with E-state index in [0.717, 1.165) is 25.2 Å². The Morgan fingerprint density at radius 1 is 1.00 bits per heavy atom. The van der Waals surface area contributed by atoms with Crippen molar-refractivity contribution in [3.05, 3.63) is 35.4 Å². The molecule has 1 N–H and O–H groups in total. The van der Waals surface area contributed by atoms with Gasteiger partial charge in [0.25, 0.3) is 0 Å². The SMILES string of the molecule is OCCCCCc1ccc(C2CC2)cc1. The van der Waals surface area contributed by atoms with E-state index in [2.05, 4.69) is 24.3 Å². The molecule has 0 bridgehead atoms. The van der Waals surface area contributed by atoms with Gasteiger partial charge in [-0.2, -0.15) is 0 Å². The van der Waals surface area contributed by atoms with Crippen LogP contribution in [0.5, 0.6) is 0 Å². The average Bonchev–Trinajstić information content (AvgIpc) is 3.09. The first-order valence-corrected chi connectivity index (χ1v) is 6.10. The lowest BCUT2D eigenvalue weighted by atomic mass is 10.0. The molecule has 15 heavy (non-hydrogen) atoms. The molecule has 0 radical (unpaired) electrons. The number of rotatable bonds is 6. The van der Waals surface area contributed by atoms with Crippen LogP contribution in [0.1, 0.15) is 49.1 Å². The Kier molecular flexibility index (Phi) is 3.79. The summed E-state index contributed by atoms with van der Waals surface area (Å²) in [6.07, 6.45) is 7.21. The molecule has 1 aliphatic rings. The molecule has 1 fully saturated rings. The Bertz CT molecular complexity index is 285. The van der Waals surface area contributed by atoms with Crippen molar-refractivity contribution >= 4 is 0 Å². The highest BCUT2D eigenvalue weighted by molar-refractivity contribution is 5.28. The zero-order valence-electron chi connectivity index (χ0n) is 9.28. The lowest BCUT2D eigenvalue weighted by molar-refractivity contribution is 0.283. The second-order valence-electron chi connectivity index (χ2n) is 4.55. The van der Waals surface area contributed by atoms with E-state index in [4.69, 9.17) is 5.11 Å². The van der Waals surface area contributed by atoms with Crippen molar-refractivity contribution in [1.29, 1.82) is 0 Å². The summed E-state index contributed by atoms with van der Waals surface area (Å²) in [5.41, 5.74) is 2.96. The first-order chi connectivity index (χ1) is 7.40. The van der Waals surface area contributed by atoms with Gasteiger partial charge in [0, 0.05) is 6.61 Å². The Balaban J connectivity index is 1.76. The van der Waals surface area contributed by atoms with E-state index < -0.39 is 0 Å². The van der Waals surface area contributed by atoms with E-state index in [0.29, 0.717) is 6.61 Å². The third-order valence-corrected chi connectivity index (χ3v) is 3.15. The zero-order chi connectivity index (χ0) is 10.5. The van der Waals surface area contributed by atoms with Crippen LogP contribution in [-0.4, -0.2) is 11.7 Å². The van der Waals surface area contributed by atoms with E-state index in [1.54, 1.807) is 0 Å². The molecule has 1 aromatic rings. The predicted molar refractivity (Wildman–Crippen MR) is 63.1 cm³/mol. The van der Waals surface area contributed by atoms with Gasteiger partial charge in [0.1, 0.15) is 0 Å². The maximum atomic E-state index is 8.67. The van der Waals surface area contributed by atoms with Gasteiger partial charge in [-0.1, -0.05) is 30.7 Å². The summed E-state index contributed by atoms with van der Waals surface area (Å²) in [4.78, 5) is 0. The van der Waals surface area contributed by atoms with Crippen LogP contribution in [-0.2, 0) is 6.42 Å². The number of aryl methyl sites for hydroxylation is 1. The zero-order valence-corrected chi connectivity index (χ0v) is 9.28.